The van der Waals surface area contributed by atoms with Gasteiger partial charge in [-0.05, 0) is 30.4 Å². The SMILES string of the molecule is COc1ccc(S(=O)(=O)NCC2(C)CCCC2)c(N)c1. The quantitative estimate of drug-likeness (QED) is 0.816. The van der Waals surface area contributed by atoms with Gasteiger partial charge < -0.3 is 10.5 Å². The van der Waals surface area contributed by atoms with Crippen molar-refractivity contribution in [2.75, 3.05) is 19.4 Å². The summed E-state index contributed by atoms with van der Waals surface area (Å²) in [7, 11) is -2.06. The largest absolute Gasteiger partial charge is 0.497 e. The number of ether oxygens (including phenoxy) is 1. The van der Waals surface area contributed by atoms with Crippen LogP contribution in [-0.4, -0.2) is 22.1 Å². The molecule has 20 heavy (non-hydrogen) atoms. The summed E-state index contributed by atoms with van der Waals surface area (Å²) in [5, 5.41) is 0. The third kappa shape index (κ3) is 3.24. The predicted octanol–water partition coefficient (Wildman–Crippen LogP) is 2.14. The minimum absolute atomic E-state index is 0.0638. The first kappa shape index (κ1) is 15.1. The smallest absolute Gasteiger partial charge is 0.242 e. The zero-order chi connectivity index (χ0) is 14.8. The van der Waals surface area contributed by atoms with Crippen molar-refractivity contribution in [3.05, 3.63) is 18.2 Å². The highest BCUT2D eigenvalue weighted by Crippen LogP contribution is 2.37. The van der Waals surface area contributed by atoms with Crippen LogP contribution in [0.15, 0.2) is 23.1 Å². The van der Waals surface area contributed by atoms with Gasteiger partial charge >= 0.3 is 0 Å². The van der Waals surface area contributed by atoms with E-state index in [4.69, 9.17) is 10.5 Å². The second-order valence-corrected chi connectivity index (χ2v) is 7.48. The summed E-state index contributed by atoms with van der Waals surface area (Å²) in [5.41, 5.74) is 6.07. The molecule has 1 aliphatic carbocycles. The fourth-order valence-electron chi connectivity index (χ4n) is 2.65. The third-order valence-corrected chi connectivity index (χ3v) is 5.48. The molecule has 2 rings (SSSR count). The van der Waals surface area contributed by atoms with Crippen molar-refractivity contribution < 1.29 is 13.2 Å². The van der Waals surface area contributed by atoms with Crippen molar-refractivity contribution in [1.29, 1.82) is 0 Å². The number of anilines is 1. The van der Waals surface area contributed by atoms with Crippen LogP contribution in [0.4, 0.5) is 5.69 Å². The van der Waals surface area contributed by atoms with Crippen LogP contribution in [0.3, 0.4) is 0 Å². The first-order chi connectivity index (χ1) is 9.36. The first-order valence-corrected chi connectivity index (χ1v) is 8.28. The molecule has 112 valence electrons. The Kier molecular flexibility index (Phi) is 4.25. The molecule has 0 spiro atoms. The van der Waals surface area contributed by atoms with Crippen molar-refractivity contribution in [3.63, 3.8) is 0 Å². The van der Waals surface area contributed by atoms with E-state index in [0.29, 0.717) is 12.3 Å². The summed E-state index contributed by atoms with van der Waals surface area (Å²) in [6.07, 6.45) is 4.47. The summed E-state index contributed by atoms with van der Waals surface area (Å²) in [6, 6.07) is 4.60. The minimum Gasteiger partial charge on any atom is -0.497 e. The Morgan fingerprint density at radius 3 is 2.55 bits per heavy atom. The van der Waals surface area contributed by atoms with Crippen LogP contribution < -0.4 is 15.2 Å². The second-order valence-electron chi connectivity index (χ2n) is 5.75. The molecule has 1 aromatic rings. The van der Waals surface area contributed by atoms with Gasteiger partial charge in [0.1, 0.15) is 10.6 Å². The Morgan fingerprint density at radius 2 is 2.00 bits per heavy atom. The van der Waals surface area contributed by atoms with Gasteiger partial charge in [-0.2, -0.15) is 0 Å². The number of benzene rings is 1. The highest BCUT2D eigenvalue weighted by atomic mass is 32.2. The molecule has 1 saturated carbocycles. The van der Waals surface area contributed by atoms with E-state index >= 15 is 0 Å². The fraction of sp³-hybridized carbons (Fsp3) is 0.571. The van der Waals surface area contributed by atoms with Crippen LogP contribution in [0.25, 0.3) is 0 Å². The molecular weight excluding hydrogens is 276 g/mol. The van der Waals surface area contributed by atoms with Crippen LogP contribution in [0.1, 0.15) is 32.6 Å². The third-order valence-electron chi connectivity index (χ3n) is 4.01. The highest BCUT2D eigenvalue weighted by molar-refractivity contribution is 7.89. The molecule has 0 aromatic heterocycles. The summed E-state index contributed by atoms with van der Waals surface area (Å²) < 4.78 is 32.4. The van der Waals surface area contributed by atoms with Crippen LogP contribution in [0.5, 0.6) is 5.75 Å². The molecule has 0 atom stereocenters. The lowest BCUT2D eigenvalue weighted by molar-refractivity contribution is 0.336. The minimum atomic E-state index is -3.57. The molecule has 0 aliphatic heterocycles. The second kappa shape index (κ2) is 5.61. The molecular formula is C14H22N2O3S. The normalized spacial score (nSPS) is 18.1. The van der Waals surface area contributed by atoms with Gasteiger partial charge in [-0.1, -0.05) is 19.8 Å². The Bertz CT molecular complexity index is 578. The predicted molar refractivity (Wildman–Crippen MR) is 79.2 cm³/mol. The van der Waals surface area contributed by atoms with Gasteiger partial charge in [0.2, 0.25) is 10.0 Å². The summed E-state index contributed by atoms with van der Waals surface area (Å²) in [6.45, 7) is 2.58. The Morgan fingerprint density at radius 1 is 1.35 bits per heavy atom. The summed E-state index contributed by atoms with van der Waals surface area (Å²) in [5.74, 6) is 0.546. The number of rotatable bonds is 5. The number of hydrogen-bond acceptors (Lipinski definition) is 4. The van der Waals surface area contributed by atoms with Gasteiger partial charge in [-0.3, -0.25) is 0 Å². The maximum Gasteiger partial charge on any atom is 0.242 e. The number of nitrogens with one attached hydrogen (secondary N) is 1. The molecule has 3 N–H and O–H groups in total. The lowest BCUT2D eigenvalue weighted by atomic mass is 9.89. The monoisotopic (exact) mass is 298 g/mol. The van der Waals surface area contributed by atoms with Crippen molar-refractivity contribution in [2.45, 2.75) is 37.5 Å². The average molecular weight is 298 g/mol. The van der Waals surface area contributed by atoms with E-state index in [1.165, 1.54) is 32.1 Å². The van der Waals surface area contributed by atoms with Crippen LogP contribution in [-0.2, 0) is 10.0 Å². The maximum absolute atomic E-state index is 12.3. The van der Waals surface area contributed by atoms with Gasteiger partial charge in [-0.25, -0.2) is 13.1 Å². The lowest BCUT2D eigenvalue weighted by Crippen LogP contribution is -2.34. The maximum atomic E-state index is 12.3. The molecule has 1 aromatic carbocycles. The van der Waals surface area contributed by atoms with E-state index in [1.54, 1.807) is 6.07 Å². The van der Waals surface area contributed by atoms with Crippen molar-refractivity contribution in [1.82, 2.24) is 4.72 Å². The van der Waals surface area contributed by atoms with E-state index in [1.807, 2.05) is 0 Å². The number of nitrogens with two attached hydrogens (primary N) is 1. The molecule has 0 radical (unpaired) electrons. The molecule has 5 nitrogen and oxygen atoms in total. The topological polar surface area (TPSA) is 81.4 Å². The highest BCUT2D eigenvalue weighted by Gasteiger charge is 2.30. The van der Waals surface area contributed by atoms with Gasteiger partial charge in [0, 0.05) is 12.6 Å². The molecule has 0 saturated heterocycles. The van der Waals surface area contributed by atoms with Crippen molar-refractivity contribution in [2.24, 2.45) is 5.41 Å². The Hall–Kier alpha value is -1.27. The Labute approximate surface area is 120 Å². The summed E-state index contributed by atoms with van der Waals surface area (Å²) >= 11 is 0. The van der Waals surface area contributed by atoms with Gasteiger partial charge in [0.05, 0.1) is 12.8 Å². The lowest BCUT2D eigenvalue weighted by Gasteiger charge is -2.23. The van der Waals surface area contributed by atoms with Crippen LogP contribution >= 0.6 is 0 Å². The zero-order valence-corrected chi connectivity index (χ0v) is 12.8. The van der Waals surface area contributed by atoms with Gasteiger partial charge in [0.15, 0.2) is 0 Å². The number of sulfonamides is 1. The average Bonchev–Trinajstić information content (AvgIpc) is 2.84. The number of hydrogen-bond donors (Lipinski definition) is 2. The van der Waals surface area contributed by atoms with Crippen molar-refractivity contribution in [3.8, 4) is 5.75 Å². The summed E-state index contributed by atoms with van der Waals surface area (Å²) in [4.78, 5) is 0.111. The van der Waals surface area contributed by atoms with Crippen molar-refractivity contribution >= 4 is 15.7 Å². The van der Waals surface area contributed by atoms with Gasteiger partial charge in [0.25, 0.3) is 0 Å². The van der Waals surface area contributed by atoms with E-state index < -0.39 is 10.0 Å². The number of nitrogen functional groups attached to an aromatic ring is 1. The molecule has 0 heterocycles. The fourth-order valence-corrected chi connectivity index (χ4v) is 3.96. The molecule has 6 heteroatoms. The van der Waals surface area contributed by atoms with E-state index in [9.17, 15) is 8.42 Å². The van der Waals surface area contributed by atoms with Crippen LogP contribution in [0.2, 0.25) is 0 Å². The molecule has 1 fully saturated rings. The van der Waals surface area contributed by atoms with Crippen LogP contribution in [0, 0.1) is 5.41 Å². The first-order valence-electron chi connectivity index (χ1n) is 6.79. The van der Waals surface area contributed by atoms with E-state index in [0.717, 1.165) is 12.8 Å². The number of methoxy groups -OCH3 is 1. The zero-order valence-electron chi connectivity index (χ0n) is 12.0. The Balaban J connectivity index is 2.14. The molecule has 0 bridgehead atoms. The van der Waals surface area contributed by atoms with E-state index in [-0.39, 0.29) is 16.0 Å². The molecule has 1 aliphatic rings. The van der Waals surface area contributed by atoms with E-state index in [2.05, 4.69) is 11.6 Å². The molecule has 0 unspecified atom stereocenters. The standard InChI is InChI=1S/C14H22N2O3S/c1-14(7-3-4-8-14)10-16-20(17,18)13-6-5-11(19-2)9-12(13)15/h5-6,9,16H,3-4,7-8,10,15H2,1-2H3. The van der Waals surface area contributed by atoms with Gasteiger partial charge in [-0.15, -0.1) is 0 Å². The molecule has 0 amide bonds.